The van der Waals surface area contributed by atoms with E-state index in [1.165, 1.54) is 0 Å². The molecule has 3 aromatic rings. The van der Waals surface area contributed by atoms with Crippen molar-refractivity contribution in [1.82, 2.24) is 0 Å². The quantitative estimate of drug-likeness (QED) is 0.689. The van der Waals surface area contributed by atoms with Crippen molar-refractivity contribution in [3.8, 4) is 23.0 Å². The molecule has 9 nitrogen and oxygen atoms in total. The highest BCUT2D eigenvalue weighted by molar-refractivity contribution is 6.05. The van der Waals surface area contributed by atoms with Crippen LogP contribution in [-0.2, 0) is 0 Å². The van der Waals surface area contributed by atoms with E-state index in [4.69, 9.17) is 18.9 Å². The van der Waals surface area contributed by atoms with E-state index in [2.05, 4.69) is 15.6 Å². The standard InChI is InChI=1S/C21H15N3O6/c25-20(12-4-6-14-16(8-12)29-10-27-14)23-18-2-1-3-19(22-18)24-21(26)13-5-7-15-17(9-13)30-11-28-15/h1-9H,10-11H2,(H2,22,23,24,25,26)/p+1. The summed E-state index contributed by atoms with van der Waals surface area (Å²) in [5, 5.41) is 5.52. The number of nitrogens with one attached hydrogen (secondary N) is 3. The highest BCUT2D eigenvalue weighted by Crippen LogP contribution is 2.33. The fourth-order valence-electron chi connectivity index (χ4n) is 3.08. The Hall–Kier alpha value is -4.27. The molecule has 5 rings (SSSR count). The van der Waals surface area contributed by atoms with E-state index in [1.54, 1.807) is 54.6 Å². The number of aromatic nitrogens is 1. The Bertz CT molecular complexity index is 1080. The first kappa shape index (κ1) is 17.8. The zero-order valence-electron chi connectivity index (χ0n) is 15.6. The molecule has 0 bridgehead atoms. The molecule has 2 aliphatic rings. The van der Waals surface area contributed by atoms with Gasteiger partial charge in [0.2, 0.25) is 25.2 Å². The molecule has 30 heavy (non-hydrogen) atoms. The number of anilines is 2. The van der Waals surface area contributed by atoms with E-state index < -0.39 is 0 Å². The van der Waals surface area contributed by atoms with Crippen LogP contribution in [0.15, 0.2) is 54.6 Å². The summed E-state index contributed by atoms with van der Waals surface area (Å²) in [6.07, 6.45) is 0. The maximum Gasteiger partial charge on any atom is 0.311 e. The molecule has 2 amide bonds. The van der Waals surface area contributed by atoms with Crippen LogP contribution in [0.5, 0.6) is 23.0 Å². The number of aromatic amines is 1. The van der Waals surface area contributed by atoms with Gasteiger partial charge in [-0.25, -0.2) is 15.6 Å². The lowest BCUT2D eigenvalue weighted by Crippen LogP contribution is -2.24. The first-order valence-electron chi connectivity index (χ1n) is 9.10. The van der Waals surface area contributed by atoms with Crippen molar-refractivity contribution in [1.29, 1.82) is 0 Å². The van der Waals surface area contributed by atoms with Crippen LogP contribution < -0.4 is 34.6 Å². The lowest BCUT2D eigenvalue weighted by Gasteiger charge is -2.05. The molecule has 9 heteroatoms. The van der Waals surface area contributed by atoms with Crippen LogP contribution in [0.25, 0.3) is 0 Å². The number of amides is 2. The van der Waals surface area contributed by atoms with E-state index in [0.29, 0.717) is 45.8 Å². The summed E-state index contributed by atoms with van der Waals surface area (Å²) in [6, 6.07) is 15.0. The fraction of sp³-hybridized carbons (Fsp3) is 0.0952. The predicted molar refractivity (Wildman–Crippen MR) is 104 cm³/mol. The monoisotopic (exact) mass is 406 g/mol. The van der Waals surface area contributed by atoms with Gasteiger partial charge < -0.3 is 18.9 Å². The third-order valence-corrected chi connectivity index (χ3v) is 4.56. The second kappa shape index (κ2) is 7.28. The molecule has 0 radical (unpaired) electrons. The SMILES string of the molecule is O=C(Nc1cccc(NC(=O)c2ccc3c(c2)OCO3)[nH+]1)c1ccc2c(c1)OCO2. The molecular weight excluding hydrogens is 390 g/mol. The minimum Gasteiger partial charge on any atom is -0.454 e. The summed E-state index contributed by atoms with van der Waals surface area (Å²) < 4.78 is 21.1. The normalized spacial score (nSPS) is 13.1. The average molecular weight is 406 g/mol. The Morgan fingerprint density at radius 2 is 1.13 bits per heavy atom. The molecule has 0 saturated carbocycles. The number of hydrogen-bond donors (Lipinski definition) is 2. The fourth-order valence-corrected chi connectivity index (χ4v) is 3.08. The minimum absolute atomic E-state index is 0.138. The van der Waals surface area contributed by atoms with E-state index in [1.807, 2.05) is 0 Å². The lowest BCUT2D eigenvalue weighted by atomic mass is 10.2. The van der Waals surface area contributed by atoms with Crippen molar-refractivity contribution in [3.63, 3.8) is 0 Å². The van der Waals surface area contributed by atoms with Crippen LogP contribution in [0.1, 0.15) is 20.7 Å². The van der Waals surface area contributed by atoms with Gasteiger partial charge >= 0.3 is 11.8 Å². The molecule has 2 aliphatic heterocycles. The Balaban J connectivity index is 1.28. The van der Waals surface area contributed by atoms with Crippen molar-refractivity contribution in [2.24, 2.45) is 0 Å². The number of H-pyrrole nitrogens is 1. The van der Waals surface area contributed by atoms with Gasteiger partial charge in [-0.1, -0.05) is 0 Å². The summed E-state index contributed by atoms with van der Waals surface area (Å²) in [7, 11) is 0. The number of fused-ring (bicyclic) bond motifs is 2. The van der Waals surface area contributed by atoms with E-state index >= 15 is 0 Å². The van der Waals surface area contributed by atoms with Gasteiger partial charge in [-0.15, -0.1) is 0 Å². The smallest absolute Gasteiger partial charge is 0.311 e. The highest BCUT2D eigenvalue weighted by atomic mass is 16.7. The van der Waals surface area contributed by atoms with Crippen molar-refractivity contribution in [2.75, 3.05) is 24.2 Å². The second-order valence-electron chi connectivity index (χ2n) is 6.52. The van der Waals surface area contributed by atoms with Crippen LogP contribution in [0, 0.1) is 0 Å². The molecule has 0 fully saturated rings. The van der Waals surface area contributed by atoms with Crippen LogP contribution >= 0.6 is 0 Å². The van der Waals surface area contributed by atoms with Crippen LogP contribution in [-0.4, -0.2) is 25.4 Å². The number of rotatable bonds is 4. The number of pyridine rings is 1. The van der Waals surface area contributed by atoms with Gasteiger partial charge in [0.25, 0.3) is 0 Å². The van der Waals surface area contributed by atoms with Gasteiger partial charge in [0.1, 0.15) is 0 Å². The first-order valence-corrected chi connectivity index (χ1v) is 9.10. The Morgan fingerprint density at radius 1 is 0.667 bits per heavy atom. The van der Waals surface area contributed by atoms with Crippen molar-refractivity contribution in [3.05, 3.63) is 65.7 Å². The van der Waals surface area contributed by atoms with Crippen molar-refractivity contribution >= 4 is 23.5 Å². The predicted octanol–water partition coefficient (Wildman–Crippen LogP) is 2.46. The molecule has 0 spiro atoms. The van der Waals surface area contributed by atoms with E-state index in [9.17, 15) is 9.59 Å². The van der Waals surface area contributed by atoms with E-state index in [0.717, 1.165) is 0 Å². The summed E-state index contributed by atoms with van der Waals surface area (Å²) >= 11 is 0. The Kier molecular flexibility index (Phi) is 4.32. The van der Waals surface area contributed by atoms with Crippen LogP contribution in [0.4, 0.5) is 11.6 Å². The Morgan fingerprint density at radius 3 is 1.63 bits per heavy atom. The molecule has 2 aromatic carbocycles. The van der Waals surface area contributed by atoms with Crippen molar-refractivity contribution < 1.29 is 33.5 Å². The van der Waals surface area contributed by atoms with Gasteiger partial charge in [-0.3, -0.25) is 9.59 Å². The van der Waals surface area contributed by atoms with Gasteiger partial charge in [0.15, 0.2) is 23.0 Å². The van der Waals surface area contributed by atoms with Gasteiger partial charge in [-0.2, -0.15) is 0 Å². The maximum atomic E-state index is 12.5. The number of ether oxygens (including phenoxy) is 4. The average Bonchev–Trinajstić information content (AvgIpc) is 3.42. The molecule has 0 unspecified atom stereocenters. The summed E-state index contributed by atoms with van der Waals surface area (Å²) in [5.41, 5.74) is 0.838. The zero-order chi connectivity index (χ0) is 20.5. The lowest BCUT2D eigenvalue weighted by molar-refractivity contribution is -0.343. The molecule has 0 saturated heterocycles. The van der Waals surface area contributed by atoms with E-state index in [-0.39, 0.29) is 25.4 Å². The van der Waals surface area contributed by atoms with Gasteiger partial charge in [0.05, 0.1) is 11.1 Å². The summed E-state index contributed by atoms with van der Waals surface area (Å²) in [5.74, 6) is 2.43. The largest absolute Gasteiger partial charge is 0.454 e. The molecule has 0 aliphatic carbocycles. The number of carbonyl (C=O) groups excluding carboxylic acids is 2. The molecule has 3 heterocycles. The molecular formula is C21H16N3O6+. The second-order valence-corrected chi connectivity index (χ2v) is 6.52. The third-order valence-electron chi connectivity index (χ3n) is 4.56. The van der Waals surface area contributed by atoms with Crippen LogP contribution in [0.2, 0.25) is 0 Å². The number of hydrogen-bond acceptors (Lipinski definition) is 6. The Labute approximate surface area is 170 Å². The number of benzene rings is 2. The van der Waals surface area contributed by atoms with Gasteiger partial charge in [-0.05, 0) is 42.5 Å². The minimum atomic E-state index is -0.330. The summed E-state index contributed by atoms with van der Waals surface area (Å²) in [6.45, 7) is 0.276. The molecule has 150 valence electrons. The molecule has 3 N–H and O–H groups in total. The van der Waals surface area contributed by atoms with Gasteiger partial charge in [0, 0.05) is 12.1 Å². The molecule has 1 aromatic heterocycles. The first-order chi connectivity index (χ1) is 14.7. The highest BCUT2D eigenvalue weighted by Gasteiger charge is 2.20. The van der Waals surface area contributed by atoms with Crippen molar-refractivity contribution in [2.45, 2.75) is 0 Å². The maximum absolute atomic E-state index is 12.5. The van der Waals surface area contributed by atoms with Crippen LogP contribution in [0.3, 0.4) is 0 Å². The molecule has 0 atom stereocenters. The zero-order valence-corrected chi connectivity index (χ0v) is 15.6. The number of carbonyl (C=O) groups is 2. The summed E-state index contributed by atoms with van der Waals surface area (Å²) in [4.78, 5) is 28.0. The third kappa shape index (κ3) is 3.44. The topological polar surface area (TPSA) is 109 Å².